The summed E-state index contributed by atoms with van der Waals surface area (Å²) in [5, 5.41) is 2.36. The Hall–Kier alpha value is -1.59. The molecule has 0 radical (unpaired) electrons. The van der Waals surface area contributed by atoms with E-state index in [2.05, 4.69) is 50.8 Å². The Morgan fingerprint density at radius 2 is 1.63 bits per heavy atom. The fourth-order valence-corrected chi connectivity index (χ4v) is 6.67. The van der Waals surface area contributed by atoms with E-state index in [0.717, 1.165) is 46.8 Å². The Labute approximate surface area is 166 Å². The molecule has 142 valence electrons. The first-order chi connectivity index (χ1) is 12.8. The number of aromatic nitrogens is 1. The number of carbonyl (C=O) groups is 2. The minimum absolute atomic E-state index is 0.0728. The quantitative estimate of drug-likeness (QED) is 0.561. The molecule has 3 atom stereocenters. The van der Waals surface area contributed by atoms with E-state index in [4.69, 9.17) is 4.98 Å². The molecule has 1 aromatic heterocycles. The summed E-state index contributed by atoms with van der Waals surface area (Å²) in [6.45, 7) is 9.11. The molecule has 2 bridgehead atoms. The van der Waals surface area contributed by atoms with Crippen molar-refractivity contribution >= 4 is 36.2 Å². The first kappa shape index (κ1) is 18.8. The van der Waals surface area contributed by atoms with Gasteiger partial charge < -0.3 is 0 Å². The van der Waals surface area contributed by atoms with Crippen LogP contribution in [0.5, 0.6) is 0 Å². The average molecular weight is 398 g/mol. The SMILES string of the molecule is CCc1sc(-c2ccc([Si](C)(C)C)cc2)nc1C1C(=O)[C@@H]2CC[C@@H](C2)C1=O. The van der Waals surface area contributed by atoms with Crippen molar-refractivity contribution in [2.24, 2.45) is 11.8 Å². The van der Waals surface area contributed by atoms with Gasteiger partial charge in [0.25, 0.3) is 0 Å². The number of thiazole rings is 1. The second kappa shape index (κ2) is 6.78. The molecule has 2 aliphatic rings. The van der Waals surface area contributed by atoms with Crippen molar-refractivity contribution in [2.75, 3.05) is 0 Å². The normalized spacial score (nSPS) is 25.3. The van der Waals surface area contributed by atoms with Gasteiger partial charge in [0, 0.05) is 22.3 Å². The maximum atomic E-state index is 12.9. The van der Waals surface area contributed by atoms with Gasteiger partial charge in [-0.15, -0.1) is 11.3 Å². The maximum absolute atomic E-state index is 12.9. The molecule has 2 fully saturated rings. The van der Waals surface area contributed by atoms with Crippen LogP contribution in [0.15, 0.2) is 24.3 Å². The summed E-state index contributed by atoms with van der Waals surface area (Å²) in [5.41, 5.74) is 1.83. The van der Waals surface area contributed by atoms with Gasteiger partial charge in [0.1, 0.15) is 10.9 Å². The highest BCUT2D eigenvalue weighted by Gasteiger charge is 2.48. The molecular weight excluding hydrogens is 370 g/mol. The van der Waals surface area contributed by atoms with Gasteiger partial charge in [-0.1, -0.05) is 56.0 Å². The molecule has 4 rings (SSSR count). The van der Waals surface area contributed by atoms with Gasteiger partial charge in [0.05, 0.1) is 13.8 Å². The Bertz CT molecular complexity index is 872. The molecule has 1 unspecified atom stereocenters. The minimum atomic E-state index is -1.33. The molecule has 1 aromatic carbocycles. The number of hydrogen-bond donors (Lipinski definition) is 0. The lowest BCUT2D eigenvalue weighted by molar-refractivity contribution is -0.136. The van der Waals surface area contributed by atoms with E-state index in [0.29, 0.717) is 0 Å². The zero-order valence-electron chi connectivity index (χ0n) is 16.5. The van der Waals surface area contributed by atoms with Gasteiger partial charge in [-0.05, 0) is 25.7 Å². The molecule has 5 heteroatoms. The number of benzene rings is 1. The third-order valence-corrected chi connectivity index (χ3v) is 9.46. The van der Waals surface area contributed by atoms with Crippen molar-refractivity contribution in [3.63, 3.8) is 0 Å². The zero-order valence-corrected chi connectivity index (χ0v) is 18.4. The molecule has 0 saturated heterocycles. The highest BCUT2D eigenvalue weighted by atomic mass is 32.1. The van der Waals surface area contributed by atoms with Crippen LogP contribution < -0.4 is 5.19 Å². The van der Waals surface area contributed by atoms with Crippen molar-refractivity contribution in [2.45, 2.75) is 58.2 Å². The molecule has 3 nitrogen and oxygen atoms in total. The van der Waals surface area contributed by atoms with Gasteiger partial charge in [-0.25, -0.2) is 4.98 Å². The number of carbonyl (C=O) groups excluding carboxylic acids is 2. The van der Waals surface area contributed by atoms with Crippen LogP contribution in [0.2, 0.25) is 19.6 Å². The summed E-state index contributed by atoms with van der Waals surface area (Å²) in [4.78, 5) is 31.8. The lowest BCUT2D eigenvalue weighted by Gasteiger charge is -2.24. The summed E-state index contributed by atoms with van der Waals surface area (Å²) >= 11 is 1.64. The lowest BCUT2D eigenvalue weighted by atomic mass is 9.77. The Morgan fingerprint density at radius 3 is 2.15 bits per heavy atom. The van der Waals surface area contributed by atoms with Crippen LogP contribution in [0.1, 0.15) is 42.7 Å². The second-order valence-corrected chi connectivity index (χ2v) is 15.1. The van der Waals surface area contributed by atoms with Gasteiger partial charge in [-0.2, -0.15) is 0 Å². The van der Waals surface area contributed by atoms with E-state index < -0.39 is 14.0 Å². The summed E-state index contributed by atoms with van der Waals surface area (Å²) in [7, 11) is -1.33. The van der Waals surface area contributed by atoms with Crippen molar-refractivity contribution < 1.29 is 9.59 Å². The summed E-state index contributed by atoms with van der Waals surface area (Å²) < 4.78 is 0. The van der Waals surface area contributed by atoms with Crippen molar-refractivity contribution in [1.29, 1.82) is 0 Å². The van der Waals surface area contributed by atoms with Crippen LogP contribution in [-0.2, 0) is 16.0 Å². The molecule has 2 aliphatic carbocycles. The number of nitrogens with zero attached hydrogens (tertiary/aromatic N) is 1. The highest BCUT2D eigenvalue weighted by Crippen LogP contribution is 2.45. The number of ketones is 2. The molecule has 0 spiro atoms. The first-order valence-electron chi connectivity index (χ1n) is 9.97. The smallest absolute Gasteiger partial charge is 0.152 e. The van der Waals surface area contributed by atoms with Crippen molar-refractivity contribution in [1.82, 2.24) is 4.98 Å². The predicted octanol–water partition coefficient (Wildman–Crippen LogP) is 4.57. The number of aryl methyl sites for hydroxylation is 1. The molecule has 1 heterocycles. The third-order valence-electron chi connectivity index (χ3n) is 6.13. The Morgan fingerprint density at radius 1 is 1.04 bits per heavy atom. The topological polar surface area (TPSA) is 47.0 Å². The van der Waals surface area contributed by atoms with E-state index in [1.54, 1.807) is 11.3 Å². The highest BCUT2D eigenvalue weighted by molar-refractivity contribution is 7.15. The fourth-order valence-electron chi connectivity index (χ4n) is 4.46. The average Bonchev–Trinajstić information content (AvgIpc) is 3.26. The van der Waals surface area contributed by atoms with Crippen LogP contribution in [0.25, 0.3) is 10.6 Å². The molecule has 2 saturated carbocycles. The van der Waals surface area contributed by atoms with Crippen LogP contribution in [0.4, 0.5) is 0 Å². The van der Waals surface area contributed by atoms with Crippen LogP contribution in [0.3, 0.4) is 0 Å². The second-order valence-electron chi connectivity index (χ2n) is 8.95. The third kappa shape index (κ3) is 3.25. The fraction of sp³-hybridized carbons (Fsp3) is 0.500. The molecule has 0 N–H and O–H groups in total. The van der Waals surface area contributed by atoms with Gasteiger partial charge in [-0.3, -0.25) is 9.59 Å². The largest absolute Gasteiger partial charge is 0.298 e. The molecule has 0 aliphatic heterocycles. The Kier molecular flexibility index (Phi) is 4.71. The number of rotatable bonds is 4. The van der Waals surface area contributed by atoms with Crippen LogP contribution in [0, 0.1) is 11.8 Å². The maximum Gasteiger partial charge on any atom is 0.152 e. The van der Waals surface area contributed by atoms with Gasteiger partial charge in [0.15, 0.2) is 11.6 Å². The molecule has 27 heavy (non-hydrogen) atoms. The van der Waals surface area contributed by atoms with Crippen LogP contribution >= 0.6 is 11.3 Å². The van der Waals surface area contributed by atoms with Gasteiger partial charge >= 0.3 is 0 Å². The van der Waals surface area contributed by atoms with Crippen molar-refractivity contribution in [3.8, 4) is 10.6 Å². The summed E-state index contributed by atoms with van der Waals surface area (Å²) in [5.74, 6) is -0.228. The monoisotopic (exact) mass is 397 g/mol. The van der Waals surface area contributed by atoms with E-state index in [1.165, 1.54) is 5.19 Å². The van der Waals surface area contributed by atoms with E-state index >= 15 is 0 Å². The molecule has 2 aromatic rings. The summed E-state index contributed by atoms with van der Waals surface area (Å²) in [6, 6.07) is 8.71. The van der Waals surface area contributed by atoms with Crippen molar-refractivity contribution in [3.05, 3.63) is 34.8 Å². The lowest BCUT2D eigenvalue weighted by Crippen LogP contribution is -2.37. The minimum Gasteiger partial charge on any atom is -0.298 e. The van der Waals surface area contributed by atoms with E-state index in [1.807, 2.05) is 0 Å². The summed E-state index contributed by atoms with van der Waals surface area (Å²) in [6.07, 6.45) is 3.34. The Balaban J connectivity index is 1.71. The van der Waals surface area contributed by atoms with Gasteiger partial charge in [0.2, 0.25) is 0 Å². The van der Waals surface area contributed by atoms with E-state index in [9.17, 15) is 9.59 Å². The predicted molar refractivity (Wildman–Crippen MR) is 113 cm³/mol. The van der Waals surface area contributed by atoms with E-state index in [-0.39, 0.29) is 23.4 Å². The number of fused-ring (bicyclic) bond motifs is 2. The molecule has 0 amide bonds. The molecular formula is C22H27NO2SSi. The standard InChI is InChI=1S/C22H27NO2SSi/c1-5-17-19(18-20(24)14-6-7-15(12-14)21(18)25)23-22(26-17)13-8-10-16(11-9-13)27(2,3)4/h8-11,14-15,18H,5-7,12H2,1-4H3/t14-,15+,18?. The first-order valence-corrected chi connectivity index (χ1v) is 14.3. The number of Topliss-reactive ketones (excluding diaryl/α,β-unsaturated/α-hetero) is 2. The zero-order chi connectivity index (χ0) is 19.3. The number of hydrogen-bond acceptors (Lipinski definition) is 4. The van der Waals surface area contributed by atoms with Crippen LogP contribution in [-0.4, -0.2) is 24.6 Å².